The maximum atomic E-state index is 9.43. The van der Waals surface area contributed by atoms with Crippen molar-refractivity contribution in [3.8, 4) is 17.6 Å². The van der Waals surface area contributed by atoms with E-state index in [2.05, 4.69) is 6.07 Å². The van der Waals surface area contributed by atoms with E-state index < -0.39 is 0 Å². The summed E-state index contributed by atoms with van der Waals surface area (Å²) < 4.78 is 10.8. The maximum Gasteiger partial charge on any atom is 0.179 e. The second-order valence-corrected chi connectivity index (χ2v) is 5.43. The lowest BCUT2D eigenvalue weighted by atomic mass is 10.0. The number of methoxy groups -OCH3 is 1. The molecular formula is C18H15Cl2NO2. The predicted octanol–water partition coefficient (Wildman–Crippen LogP) is 5.46. The van der Waals surface area contributed by atoms with Gasteiger partial charge in [-0.15, -0.1) is 0 Å². The number of hydrogen-bond donors (Lipinski definition) is 0. The number of nitriles is 1. The normalized spacial score (nSPS) is 11.0. The summed E-state index contributed by atoms with van der Waals surface area (Å²) >= 11 is 12.4. The van der Waals surface area contributed by atoms with E-state index in [4.69, 9.17) is 32.7 Å². The van der Waals surface area contributed by atoms with Crippen LogP contribution in [0.25, 0.3) is 11.6 Å². The van der Waals surface area contributed by atoms with Gasteiger partial charge in [-0.1, -0.05) is 41.4 Å². The summed E-state index contributed by atoms with van der Waals surface area (Å²) in [7, 11) is 1.54. The molecule has 118 valence electrons. The van der Waals surface area contributed by atoms with E-state index in [0.717, 1.165) is 5.56 Å². The smallest absolute Gasteiger partial charge is 0.179 e. The Hall–Kier alpha value is -2.15. The van der Waals surface area contributed by atoms with Crippen LogP contribution in [0.4, 0.5) is 0 Å². The lowest BCUT2D eigenvalue weighted by Crippen LogP contribution is -1.97. The number of ether oxygens (including phenoxy) is 2. The van der Waals surface area contributed by atoms with Crippen LogP contribution < -0.4 is 9.47 Å². The van der Waals surface area contributed by atoms with Crippen molar-refractivity contribution < 1.29 is 9.47 Å². The van der Waals surface area contributed by atoms with E-state index in [-0.39, 0.29) is 0 Å². The van der Waals surface area contributed by atoms with E-state index in [9.17, 15) is 5.26 Å². The Labute approximate surface area is 145 Å². The van der Waals surface area contributed by atoms with Crippen molar-refractivity contribution in [2.24, 2.45) is 0 Å². The molecule has 0 bridgehead atoms. The molecule has 0 aromatic heterocycles. The minimum Gasteiger partial charge on any atom is -0.493 e. The second-order valence-electron chi connectivity index (χ2n) is 4.62. The zero-order valence-corrected chi connectivity index (χ0v) is 14.3. The number of halogens is 2. The van der Waals surface area contributed by atoms with Crippen molar-refractivity contribution in [3.63, 3.8) is 0 Å². The van der Waals surface area contributed by atoms with E-state index in [1.807, 2.05) is 19.1 Å². The minimum atomic E-state index is 0.425. The lowest BCUT2D eigenvalue weighted by molar-refractivity contribution is 0.311. The third-order valence-corrected chi connectivity index (χ3v) is 3.75. The molecule has 0 unspecified atom stereocenters. The highest BCUT2D eigenvalue weighted by Gasteiger charge is 2.12. The molecule has 2 aromatic rings. The molecule has 0 radical (unpaired) electrons. The molecule has 23 heavy (non-hydrogen) atoms. The highest BCUT2D eigenvalue weighted by molar-refractivity contribution is 6.33. The van der Waals surface area contributed by atoms with Crippen molar-refractivity contribution in [1.29, 1.82) is 5.26 Å². The van der Waals surface area contributed by atoms with Gasteiger partial charge in [0.05, 0.1) is 30.4 Å². The Morgan fingerprint density at radius 1 is 1.22 bits per heavy atom. The zero-order valence-electron chi connectivity index (χ0n) is 12.8. The molecule has 0 saturated heterocycles. The van der Waals surface area contributed by atoms with Crippen LogP contribution >= 0.6 is 23.2 Å². The summed E-state index contributed by atoms with van der Waals surface area (Å²) in [6.07, 6.45) is 1.71. The Balaban J connectivity index is 2.51. The lowest BCUT2D eigenvalue weighted by Gasteiger charge is -2.12. The number of benzene rings is 2. The monoisotopic (exact) mass is 347 g/mol. The molecule has 2 aromatic carbocycles. The molecule has 0 amide bonds. The van der Waals surface area contributed by atoms with Crippen LogP contribution in [0, 0.1) is 11.3 Å². The maximum absolute atomic E-state index is 9.43. The third kappa shape index (κ3) is 3.98. The molecule has 0 N–H and O–H groups in total. The molecule has 0 aliphatic heterocycles. The van der Waals surface area contributed by atoms with Gasteiger partial charge in [-0.25, -0.2) is 0 Å². The van der Waals surface area contributed by atoms with Gasteiger partial charge in [-0.3, -0.25) is 0 Å². The summed E-state index contributed by atoms with van der Waals surface area (Å²) in [6, 6.07) is 12.8. The van der Waals surface area contributed by atoms with Crippen molar-refractivity contribution in [3.05, 3.63) is 57.6 Å². The van der Waals surface area contributed by atoms with E-state index in [0.29, 0.717) is 39.3 Å². The van der Waals surface area contributed by atoms with Gasteiger partial charge in [0.15, 0.2) is 11.5 Å². The fourth-order valence-corrected chi connectivity index (χ4v) is 2.64. The Bertz CT molecular complexity index is 779. The molecular weight excluding hydrogens is 333 g/mol. The standard InChI is InChI=1S/C18H15Cl2NO2/c1-3-23-18-16(20)9-12(10-17(18)22-2)8-13(11-21)14-6-4-5-7-15(14)19/h4-10H,3H2,1-2H3. The van der Waals surface area contributed by atoms with Crippen LogP contribution in [0.2, 0.25) is 10.0 Å². The summed E-state index contributed by atoms with van der Waals surface area (Å²) in [5, 5.41) is 10.4. The van der Waals surface area contributed by atoms with Gasteiger partial charge in [-0.05, 0) is 36.8 Å². The number of hydrogen-bond acceptors (Lipinski definition) is 3. The third-order valence-electron chi connectivity index (χ3n) is 3.14. The molecule has 0 aliphatic carbocycles. The Kier molecular flexibility index (Phi) is 5.92. The summed E-state index contributed by atoms with van der Waals surface area (Å²) in [5.41, 5.74) is 1.84. The first kappa shape index (κ1) is 17.2. The van der Waals surface area contributed by atoms with Gasteiger partial charge in [0, 0.05) is 10.6 Å². The van der Waals surface area contributed by atoms with Gasteiger partial charge in [0.1, 0.15) is 0 Å². The molecule has 0 heterocycles. The van der Waals surface area contributed by atoms with Crippen LogP contribution in [0.5, 0.6) is 11.5 Å². The second kappa shape index (κ2) is 7.92. The first-order valence-corrected chi connectivity index (χ1v) is 7.73. The largest absolute Gasteiger partial charge is 0.493 e. The first-order chi connectivity index (χ1) is 11.1. The quantitative estimate of drug-likeness (QED) is 0.532. The number of nitrogens with zero attached hydrogens (tertiary/aromatic N) is 1. The van der Waals surface area contributed by atoms with Gasteiger partial charge < -0.3 is 9.47 Å². The molecule has 0 fully saturated rings. The van der Waals surface area contributed by atoms with Gasteiger partial charge in [-0.2, -0.15) is 5.26 Å². The highest BCUT2D eigenvalue weighted by atomic mass is 35.5. The minimum absolute atomic E-state index is 0.425. The molecule has 2 rings (SSSR count). The topological polar surface area (TPSA) is 42.2 Å². The van der Waals surface area contributed by atoms with Crippen LogP contribution in [0.3, 0.4) is 0 Å². The van der Waals surface area contributed by atoms with Crippen molar-refractivity contribution in [2.75, 3.05) is 13.7 Å². The van der Waals surface area contributed by atoms with Crippen LogP contribution in [0.1, 0.15) is 18.1 Å². The molecule has 3 nitrogen and oxygen atoms in total. The molecule has 0 aliphatic rings. The van der Waals surface area contributed by atoms with Gasteiger partial charge in [0.2, 0.25) is 0 Å². The molecule has 0 atom stereocenters. The van der Waals surface area contributed by atoms with E-state index in [1.54, 1.807) is 37.5 Å². The predicted molar refractivity (Wildman–Crippen MR) is 94.1 cm³/mol. The van der Waals surface area contributed by atoms with E-state index in [1.165, 1.54) is 0 Å². The molecule has 5 heteroatoms. The molecule has 0 spiro atoms. The van der Waals surface area contributed by atoms with Crippen LogP contribution in [0.15, 0.2) is 36.4 Å². The average Bonchev–Trinajstić information content (AvgIpc) is 2.55. The van der Waals surface area contributed by atoms with Crippen molar-refractivity contribution >= 4 is 34.9 Å². The van der Waals surface area contributed by atoms with Crippen molar-refractivity contribution in [2.45, 2.75) is 6.92 Å². The zero-order chi connectivity index (χ0) is 16.8. The SMILES string of the molecule is CCOc1c(Cl)cc(C=C(C#N)c2ccccc2Cl)cc1OC. The first-order valence-electron chi connectivity index (χ1n) is 6.97. The van der Waals surface area contributed by atoms with Crippen molar-refractivity contribution in [1.82, 2.24) is 0 Å². The summed E-state index contributed by atoms with van der Waals surface area (Å²) in [6.45, 7) is 2.35. The average molecular weight is 348 g/mol. The fourth-order valence-electron chi connectivity index (χ4n) is 2.12. The fraction of sp³-hybridized carbons (Fsp3) is 0.167. The highest BCUT2D eigenvalue weighted by Crippen LogP contribution is 2.37. The summed E-state index contributed by atoms with van der Waals surface area (Å²) in [5.74, 6) is 1.01. The van der Waals surface area contributed by atoms with Gasteiger partial charge >= 0.3 is 0 Å². The number of rotatable bonds is 5. The van der Waals surface area contributed by atoms with E-state index >= 15 is 0 Å². The Morgan fingerprint density at radius 2 is 1.96 bits per heavy atom. The number of allylic oxidation sites excluding steroid dienone is 1. The van der Waals surface area contributed by atoms with Crippen LogP contribution in [-0.4, -0.2) is 13.7 Å². The van der Waals surface area contributed by atoms with Gasteiger partial charge in [0.25, 0.3) is 0 Å². The Morgan fingerprint density at radius 3 is 2.57 bits per heavy atom. The summed E-state index contributed by atoms with van der Waals surface area (Å²) in [4.78, 5) is 0. The molecule has 0 saturated carbocycles. The van der Waals surface area contributed by atoms with Crippen LogP contribution in [-0.2, 0) is 0 Å².